The number of nitrogens with one attached hydrogen (secondary N) is 3. The average molecular weight is 381 g/mol. The van der Waals surface area contributed by atoms with E-state index in [0.717, 1.165) is 27.4 Å². The van der Waals surface area contributed by atoms with Gasteiger partial charge in [-0.15, -0.1) is 0 Å². The van der Waals surface area contributed by atoms with Crippen molar-refractivity contribution in [2.45, 2.75) is 26.8 Å². The van der Waals surface area contributed by atoms with E-state index in [9.17, 15) is 4.79 Å². The first kappa shape index (κ1) is 17.2. The lowest BCUT2D eigenvalue weighted by atomic mass is 10.3. The van der Waals surface area contributed by atoms with E-state index in [2.05, 4.69) is 30.0 Å². The molecule has 0 atom stereocenters. The van der Waals surface area contributed by atoms with Gasteiger partial charge in [0, 0.05) is 24.5 Å². The highest BCUT2D eigenvalue weighted by molar-refractivity contribution is 7.10. The number of rotatable bonds is 5. The van der Waals surface area contributed by atoms with Crippen molar-refractivity contribution in [3.05, 3.63) is 52.7 Å². The molecule has 0 aliphatic carbocycles. The summed E-state index contributed by atoms with van der Waals surface area (Å²) in [5.41, 5.74) is 3.14. The third-order valence-electron chi connectivity index (χ3n) is 3.86. The largest absolute Gasteiger partial charge is 0.366 e. The van der Waals surface area contributed by atoms with Crippen molar-refractivity contribution in [1.82, 2.24) is 23.9 Å². The Kier molecular flexibility index (Phi) is 4.36. The van der Waals surface area contributed by atoms with Crippen molar-refractivity contribution < 1.29 is 0 Å². The maximum atomic E-state index is 11.7. The molecule has 0 aliphatic rings. The maximum absolute atomic E-state index is 11.7. The molecule has 0 saturated carbocycles. The minimum absolute atomic E-state index is 0.160. The van der Waals surface area contributed by atoms with Crippen LogP contribution in [0.2, 0.25) is 0 Å². The summed E-state index contributed by atoms with van der Waals surface area (Å²) in [5.74, 6) is 1.20. The lowest BCUT2D eigenvalue weighted by Crippen LogP contribution is -2.14. The lowest BCUT2D eigenvalue weighted by molar-refractivity contribution is 0.888. The van der Waals surface area contributed by atoms with Crippen LogP contribution in [0.3, 0.4) is 0 Å². The van der Waals surface area contributed by atoms with Gasteiger partial charge in [-0.3, -0.25) is 4.79 Å². The molecule has 0 unspecified atom stereocenters. The zero-order valence-electron chi connectivity index (χ0n) is 15.1. The molecular weight excluding hydrogens is 362 g/mol. The number of fused-ring (bicyclic) bond motifs is 1. The molecule has 0 saturated heterocycles. The molecule has 0 amide bonds. The Morgan fingerprint density at radius 1 is 1.22 bits per heavy atom. The zero-order valence-corrected chi connectivity index (χ0v) is 16.0. The SMILES string of the molecule is Cc1cc(Nc2nc(NC(C)C)c3c(ccn3-c3cc[nH]c(=O)c3)n2)sn1. The lowest BCUT2D eigenvalue weighted by Gasteiger charge is -2.14. The molecule has 3 N–H and O–H groups in total. The Morgan fingerprint density at radius 2 is 2.07 bits per heavy atom. The first-order chi connectivity index (χ1) is 13.0. The predicted octanol–water partition coefficient (Wildman–Crippen LogP) is 3.44. The zero-order chi connectivity index (χ0) is 19.0. The molecule has 0 aliphatic heterocycles. The molecule has 27 heavy (non-hydrogen) atoms. The van der Waals surface area contributed by atoms with Crippen molar-refractivity contribution in [3.63, 3.8) is 0 Å². The second kappa shape index (κ2) is 6.84. The van der Waals surface area contributed by atoms with Gasteiger partial charge in [0.25, 0.3) is 0 Å². The number of anilines is 3. The summed E-state index contributed by atoms with van der Waals surface area (Å²) in [7, 11) is 0. The quantitative estimate of drug-likeness (QED) is 0.490. The molecule has 138 valence electrons. The molecular formula is C18H19N7OS. The second-order valence-corrected chi connectivity index (χ2v) is 7.29. The molecule has 0 aromatic carbocycles. The predicted molar refractivity (Wildman–Crippen MR) is 108 cm³/mol. The van der Waals surface area contributed by atoms with Crippen LogP contribution in [0.5, 0.6) is 0 Å². The van der Waals surface area contributed by atoms with E-state index in [1.807, 2.05) is 49.7 Å². The highest BCUT2D eigenvalue weighted by Gasteiger charge is 2.15. The van der Waals surface area contributed by atoms with Crippen LogP contribution < -0.4 is 16.2 Å². The van der Waals surface area contributed by atoms with Crippen LogP contribution in [0.1, 0.15) is 19.5 Å². The van der Waals surface area contributed by atoms with E-state index in [1.54, 1.807) is 12.3 Å². The summed E-state index contributed by atoms with van der Waals surface area (Å²) < 4.78 is 6.18. The van der Waals surface area contributed by atoms with Gasteiger partial charge in [-0.1, -0.05) is 0 Å². The number of nitrogens with zero attached hydrogens (tertiary/aromatic N) is 4. The molecule has 0 fully saturated rings. The van der Waals surface area contributed by atoms with Crippen LogP contribution in [0.15, 0.2) is 41.5 Å². The fourth-order valence-electron chi connectivity index (χ4n) is 2.81. The van der Waals surface area contributed by atoms with Gasteiger partial charge in [-0.05, 0) is 50.5 Å². The summed E-state index contributed by atoms with van der Waals surface area (Å²) in [6, 6.07) is 7.43. The van der Waals surface area contributed by atoms with Gasteiger partial charge in [0.2, 0.25) is 11.5 Å². The van der Waals surface area contributed by atoms with Gasteiger partial charge in [-0.2, -0.15) is 9.36 Å². The Balaban J connectivity index is 1.84. The summed E-state index contributed by atoms with van der Waals surface area (Å²) >= 11 is 1.37. The minimum atomic E-state index is -0.160. The molecule has 0 spiro atoms. The molecule has 4 aromatic heterocycles. The second-order valence-electron chi connectivity index (χ2n) is 6.48. The van der Waals surface area contributed by atoms with E-state index >= 15 is 0 Å². The van der Waals surface area contributed by atoms with Crippen molar-refractivity contribution in [2.75, 3.05) is 10.6 Å². The number of pyridine rings is 1. The molecule has 0 bridgehead atoms. The number of hydrogen-bond donors (Lipinski definition) is 3. The molecule has 4 aromatic rings. The smallest absolute Gasteiger partial charge is 0.250 e. The monoisotopic (exact) mass is 381 g/mol. The van der Waals surface area contributed by atoms with E-state index in [0.29, 0.717) is 11.8 Å². The highest BCUT2D eigenvalue weighted by atomic mass is 32.1. The standard InChI is InChI=1S/C18H19N7OS/c1-10(2)20-17-16-13(5-7-25(16)12-4-6-19-14(26)9-12)21-18(23-17)22-15-8-11(3)24-27-15/h4-10H,1-3H3,(H,19,26)(H2,20,21,22,23). The molecule has 9 heteroatoms. The topological polar surface area (TPSA) is 101 Å². The summed E-state index contributed by atoms with van der Waals surface area (Å²) in [5, 5.41) is 7.48. The summed E-state index contributed by atoms with van der Waals surface area (Å²) in [6.45, 7) is 6.04. The van der Waals surface area contributed by atoms with Crippen LogP contribution in [0.4, 0.5) is 16.8 Å². The van der Waals surface area contributed by atoms with Crippen molar-refractivity contribution >= 4 is 39.3 Å². The molecule has 4 heterocycles. The Bertz CT molecular complexity index is 1160. The number of hydrogen-bond acceptors (Lipinski definition) is 7. The van der Waals surface area contributed by atoms with Crippen LogP contribution in [-0.2, 0) is 0 Å². The molecule has 0 radical (unpaired) electrons. The minimum Gasteiger partial charge on any atom is -0.366 e. The van der Waals surface area contributed by atoms with Crippen LogP contribution in [-0.4, -0.2) is 29.9 Å². The van der Waals surface area contributed by atoms with E-state index in [1.165, 1.54) is 11.5 Å². The van der Waals surface area contributed by atoms with E-state index < -0.39 is 0 Å². The van der Waals surface area contributed by atoms with Gasteiger partial charge < -0.3 is 20.2 Å². The Hall–Kier alpha value is -3.20. The first-order valence-electron chi connectivity index (χ1n) is 8.55. The van der Waals surface area contributed by atoms with Crippen LogP contribution in [0, 0.1) is 6.92 Å². The number of aromatic amines is 1. The third kappa shape index (κ3) is 3.54. The Labute approximate surface area is 159 Å². The van der Waals surface area contributed by atoms with Crippen molar-refractivity contribution in [1.29, 1.82) is 0 Å². The summed E-state index contributed by atoms with van der Waals surface area (Å²) in [4.78, 5) is 23.6. The van der Waals surface area contributed by atoms with Crippen LogP contribution >= 0.6 is 11.5 Å². The van der Waals surface area contributed by atoms with Gasteiger partial charge in [0.1, 0.15) is 10.5 Å². The molecule has 8 nitrogen and oxygen atoms in total. The van der Waals surface area contributed by atoms with Crippen molar-refractivity contribution in [2.24, 2.45) is 0 Å². The Morgan fingerprint density at radius 3 is 2.78 bits per heavy atom. The molecule has 4 rings (SSSR count). The normalized spacial score (nSPS) is 11.3. The average Bonchev–Trinajstić information content (AvgIpc) is 3.21. The first-order valence-corrected chi connectivity index (χ1v) is 9.32. The van der Waals surface area contributed by atoms with Crippen LogP contribution in [0.25, 0.3) is 16.7 Å². The number of aromatic nitrogens is 5. The van der Waals surface area contributed by atoms with Gasteiger partial charge in [0.15, 0.2) is 5.82 Å². The number of aryl methyl sites for hydroxylation is 1. The van der Waals surface area contributed by atoms with Gasteiger partial charge in [-0.25, -0.2) is 4.98 Å². The fraction of sp³-hybridized carbons (Fsp3) is 0.222. The van der Waals surface area contributed by atoms with E-state index in [-0.39, 0.29) is 11.6 Å². The maximum Gasteiger partial charge on any atom is 0.250 e. The van der Waals surface area contributed by atoms with Gasteiger partial charge in [0.05, 0.1) is 16.9 Å². The number of H-pyrrole nitrogens is 1. The van der Waals surface area contributed by atoms with Gasteiger partial charge >= 0.3 is 0 Å². The summed E-state index contributed by atoms with van der Waals surface area (Å²) in [6.07, 6.45) is 3.52. The van der Waals surface area contributed by atoms with E-state index in [4.69, 9.17) is 0 Å². The van der Waals surface area contributed by atoms with Crippen molar-refractivity contribution in [3.8, 4) is 5.69 Å². The third-order valence-corrected chi connectivity index (χ3v) is 4.65. The fourth-order valence-corrected chi connectivity index (χ4v) is 3.46. The highest BCUT2D eigenvalue weighted by Crippen LogP contribution is 2.28.